The molecule has 5 atom stereocenters. The van der Waals surface area contributed by atoms with Crippen LogP contribution in [-0.4, -0.2) is 17.9 Å². The lowest BCUT2D eigenvalue weighted by molar-refractivity contribution is -0.185. The first-order chi connectivity index (χ1) is 16.2. The zero-order valence-corrected chi connectivity index (χ0v) is 23.7. The minimum atomic E-state index is -0.183. The summed E-state index contributed by atoms with van der Waals surface area (Å²) >= 11 is 0. The van der Waals surface area contributed by atoms with Crippen molar-refractivity contribution in [2.45, 2.75) is 113 Å². The molecule has 3 saturated carbocycles. The van der Waals surface area contributed by atoms with Crippen molar-refractivity contribution in [1.29, 1.82) is 0 Å². The first-order valence-electron chi connectivity index (χ1n) is 13.6. The fraction of sp³-hybridized carbons (Fsp3) is 0.688. The van der Waals surface area contributed by atoms with Crippen LogP contribution in [0.15, 0.2) is 46.6 Å². The van der Waals surface area contributed by atoms with E-state index in [9.17, 15) is 9.59 Å². The summed E-state index contributed by atoms with van der Waals surface area (Å²) in [6, 6.07) is 0. The fourth-order valence-electron chi connectivity index (χ4n) is 8.08. The van der Waals surface area contributed by atoms with Gasteiger partial charge in [0.2, 0.25) is 0 Å². The maximum Gasteiger partial charge on any atom is 0.302 e. The topological polar surface area (TPSA) is 43.4 Å². The van der Waals surface area contributed by atoms with Crippen LogP contribution in [0.1, 0.15) is 107 Å². The normalized spacial score (nSPS) is 36.0. The molecule has 194 valence electrons. The fourth-order valence-corrected chi connectivity index (χ4v) is 8.08. The molecule has 0 aromatic rings. The summed E-state index contributed by atoms with van der Waals surface area (Å²) in [6.45, 7) is 19.4. The van der Waals surface area contributed by atoms with E-state index < -0.39 is 0 Å². The minimum Gasteiger partial charge on any atom is -0.462 e. The molecule has 0 aromatic heterocycles. The van der Waals surface area contributed by atoms with Crippen LogP contribution in [-0.2, 0) is 14.3 Å². The van der Waals surface area contributed by atoms with Gasteiger partial charge >= 0.3 is 5.97 Å². The van der Waals surface area contributed by atoms with Crippen molar-refractivity contribution in [2.75, 3.05) is 0 Å². The summed E-state index contributed by atoms with van der Waals surface area (Å²) in [7, 11) is 0. The number of Topliss-reactive ketones (excluding diaryl/α,β-unsaturated/α-hetero) is 1. The van der Waals surface area contributed by atoms with E-state index >= 15 is 0 Å². The Balaban J connectivity index is 1.85. The Morgan fingerprint density at radius 3 is 2.31 bits per heavy atom. The van der Waals surface area contributed by atoms with Gasteiger partial charge in [0, 0.05) is 29.7 Å². The van der Waals surface area contributed by atoms with Crippen LogP contribution in [0.25, 0.3) is 0 Å². The highest BCUT2D eigenvalue weighted by Gasteiger charge is 2.65. The molecule has 0 amide bonds. The number of carbonyl (C=O) groups is 2. The van der Waals surface area contributed by atoms with Crippen molar-refractivity contribution in [3.63, 3.8) is 0 Å². The van der Waals surface area contributed by atoms with Gasteiger partial charge in [0.05, 0.1) is 0 Å². The molecule has 0 saturated heterocycles. The van der Waals surface area contributed by atoms with Crippen LogP contribution in [0.5, 0.6) is 0 Å². The summed E-state index contributed by atoms with van der Waals surface area (Å²) in [5.74, 6) is 0.946. The molecule has 3 aliphatic rings. The second-order valence-electron chi connectivity index (χ2n) is 12.9. The summed E-state index contributed by atoms with van der Waals surface area (Å²) in [5, 5.41) is 0. The summed E-state index contributed by atoms with van der Waals surface area (Å²) in [5.41, 5.74) is 4.83. The Hall–Kier alpha value is -1.90. The summed E-state index contributed by atoms with van der Waals surface area (Å²) < 4.78 is 5.78. The predicted molar refractivity (Wildman–Crippen MR) is 145 cm³/mol. The highest BCUT2D eigenvalue weighted by Crippen LogP contribution is 2.69. The Morgan fingerprint density at radius 1 is 1.00 bits per heavy atom. The first-order valence-corrected chi connectivity index (χ1v) is 13.6. The molecule has 0 aromatic carbocycles. The van der Waals surface area contributed by atoms with Gasteiger partial charge in [0.1, 0.15) is 6.10 Å². The number of hydrogen-bond acceptors (Lipinski definition) is 3. The molecular weight excluding hydrogens is 432 g/mol. The van der Waals surface area contributed by atoms with Gasteiger partial charge in [0.25, 0.3) is 0 Å². The molecule has 0 aliphatic heterocycles. The van der Waals surface area contributed by atoms with Gasteiger partial charge in [0.15, 0.2) is 5.78 Å². The molecule has 3 heteroatoms. The van der Waals surface area contributed by atoms with E-state index in [0.717, 1.165) is 49.7 Å². The van der Waals surface area contributed by atoms with Crippen molar-refractivity contribution in [1.82, 2.24) is 0 Å². The molecule has 3 nitrogen and oxygen atoms in total. The largest absolute Gasteiger partial charge is 0.462 e. The molecule has 3 aliphatic carbocycles. The summed E-state index contributed by atoms with van der Waals surface area (Å²) in [4.78, 5) is 25.2. The molecule has 3 rings (SSSR count). The second kappa shape index (κ2) is 10.2. The lowest BCUT2D eigenvalue weighted by Gasteiger charge is -2.62. The summed E-state index contributed by atoms with van der Waals surface area (Å²) in [6.07, 6.45) is 15.5. The number of ketones is 1. The maximum absolute atomic E-state index is 13.5. The van der Waals surface area contributed by atoms with Gasteiger partial charge in [-0.25, -0.2) is 0 Å². The van der Waals surface area contributed by atoms with Gasteiger partial charge in [-0.15, -0.1) is 0 Å². The number of carbonyl (C=O) groups excluding carboxylic acids is 2. The zero-order valence-electron chi connectivity index (χ0n) is 23.7. The molecule has 0 heterocycles. The quantitative estimate of drug-likeness (QED) is 0.166. The van der Waals surface area contributed by atoms with E-state index in [1.165, 1.54) is 18.1 Å². The lowest BCUT2D eigenvalue weighted by atomic mass is 9.43. The van der Waals surface area contributed by atoms with Crippen LogP contribution in [0.2, 0.25) is 0 Å². The van der Waals surface area contributed by atoms with Crippen molar-refractivity contribution in [3.8, 4) is 0 Å². The minimum absolute atomic E-state index is 0.0361. The average Bonchev–Trinajstić information content (AvgIpc) is 3.01. The van der Waals surface area contributed by atoms with Gasteiger partial charge in [-0.3, -0.25) is 9.59 Å². The zero-order chi connectivity index (χ0) is 26.2. The number of hydrogen-bond donors (Lipinski definition) is 0. The van der Waals surface area contributed by atoms with E-state index in [-0.39, 0.29) is 28.3 Å². The first kappa shape index (κ1) is 27.7. The molecule has 0 N–H and O–H groups in total. The molecule has 0 bridgehead atoms. The molecular formula is C32H48O3. The number of ether oxygens (including phenoxy) is 1. The highest BCUT2D eigenvalue weighted by atomic mass is 16.5. The van der Waals surface area contributed by atoms with Crippen LogP contribution < -0.4 is 0 Å². The van der Waals surface area contributed by atoms with E-state index in [1.54, 1.807) is 0 Å². The SMILES string of the molecule is CC(=O)OC1CCC2(C)C3CC(=O)C(=C(C)C=CC=C(C)CCC=C(C)C)C3(C)CCC2C1(C)C. The smallest absolute Gasteiger partial charge is 0.302 e. The Kier molecular flexibility index (Phi) is 8.09. The van der Waals surface area contributed by atoms with E-state index in [4.69, 9.17) is 4.74 Å². The standard InChI is InChI=1S/C32H48O3/c1-21(2)12-10-13-22(3)14-11-15-23(4)29-25(34)20-27-31(8)19-17-28(35-24(5)33)30(6,7)26(31)16-18-32(27,29)9/h11-12,14-15,26-28H,10,13,16-20H2,1-9H3. The van der Waals surface area contributed by atoms with Gasteiger partial charge in [-0.2, -0.15) is 0 Å². The van der Waals surface area contributed by atoms with Crippen LogP contribution in [0.4, 0.5) is 0 Å². The van der Waals surface area contributed by atoms with E-state index in [0.29, 0.717) is 24.0 Å². The van der Waals surface area contributed by atoms with Gasteiger partial charge < -0.3 is 4.74 Å². The molecule has 0 spiro atoms. The monoisotopic (exact) mass is 480 g/mol. The van der Waals surface area contributed by atoms with Crippen LogP contribution in [0.3, 0.4) is 0 Å². The van der Waals surface area contributed by atoms with Crippen molar-refractivity contribution >= 4 is 11.8 Å². The number of allylic oxidation sites excluding steroid dienone is 8. The number of rotatable bonds is 6. The maximum atomic E-state index is 13.5. The third-order valence-corrected chi connectivity index (χ3v) is 9.75. The molecule has 35 heavy (non-hydrogen) atoms. The Labute approximate surface area is 214 Å². The van der Waals surface area contributed by atoms with Crippen molar-refractivity contribution in [2.24, 2.45) is 28.1 Å². The third kappa shape index (κ3) is 5.30. The highest BCUT2D eigenvalue weighted by molar-refractivity contribution is 6.00. The van der Waals surface area contributed by atoms with E-state index in [1.807, 2.05) is 0 Å². The molecule has 0 radical (unpaired) electrons. The Morgan fingerprint density at radius 2 is 1.69 bits per heavy atom. The third-order valence-electron chi connectivity index (χ3n) is 9.75. The second-order valence-corrected chi connectivity index (χ2v) is 12.9. The molecule has 3 fully saturated rings. The average molecular weight is 481 g/mol. The van der Waals surface area contributed by atoms with Gasteiger partial charge in [-0.1, -0.05) is 63.1 Å². The number of esters is 1. The van der Waals surface area contributed by atoms with Crippen molar-refractivity contribution in [3.05, 3.63) is 46.6 Å². The van der Waals surface area contributed by atoms with Crippen molar-refractivity contribution < 1.29 is 14.3 Å². The van der Waals surface area contributed by atoms with Gasteiger partial charge in [-0.05, 0) is 89.0 Å². The van der Waals surface area contributed by atoms with Crippen LogP contribution >= 0.6 is 0 Å². The van der Waals surface area contributed by atoms with E-state index in [2.05, 4.69) is 79.7 Å². The Bertz CT molecular complexity index is 971. The lowest BCUT2D eigenvalue weighted by Crippen LogP contribution is -2.58. The number of fused-ring (bicyclic) bond motifs is 3. The molecule has 5 unspecified atom stereocenters. The van der Waals surface area contributed by atoms with Crippen LogP contribution in [0, 0.1) is 28.1 Å². The predicted octanol–water partition coefficient (Wildman–Crippen LogP) is 8.32.